The van der Waals surface area contributed by atoms with E-state index in [1.54, 1.807) is 74.8 Å². The van der Waals surface area contributed by atoms with Crippen molar-refractivity contribution in [3.05, 3.63) is 122 Å². The van der Waals surface area contributed by atoms with Crippen LogP contribution in [0.15, 0.2) is 127 Å². The average molecular weight is 973 g/mol. The Morgan fingerprint density at radius 2 is 1.02 bits per heavy atom. The van der Waals surface area contributed by atoms with Gasteiger partial charge in [0.15, 0.2) is 10.3 Å². The first-order valence-corrected chi connectivity index (χ1v) is 24.3. The lowest BCUT2D eigenvalue weighted by atomic mass is 10.1. The lowest BCUT2D eigenvalue weighted by molar-refractivity contribution is 0.384. The number of aromatic nitrogens is 2. The summed E-state index contributed by atoms with van der Waals surface area (Å²) in [6.45, 7) is 6.32. The van der Waals surface area contributed by atoms with Crippen LogP contribution < -0.4 is 14.5 Å². The molecule has 0 spiro atoms. The Hall–Kier alpha value is -3.68. The van der Waals surface area contributed by atoms with E-state index in [0.29, 0.717) is 62.1 Å². The van der Waals surface area contributed by atoms with Crippen molar-refractivity contribution in [1.82, 2.24) is 18.6 Å². The fourth-order valence-corrected chi connectivity index (χ4v) is 12.4. The number of thiazole rings is 2. The maximum Gasteiger partial charge on any atom is 0.243 e. The molecule has 57 heavy (non-hydrogen) atoms. The molecular weight excluding hydrogens is 933 g/mol. The van der Waals surface area contributed by atoms with Crippen molar-refractivity contribution in [2.24, 2.45) is 0 Å². The SMILES string of the molecule is COc1ccccc1-c1csc(N2CCN(S(=O)(=O)c3cccc(Br)c3)CC2)n1.Cc1ccccc1-c1csc(N2CCN(S(=O)(=O)c3cccc(Br)c3)CC2)n1. The maximum absolute atomic E-state index is 12.9. The topological polar surface area (TPSA) is 116 Å². The summed E-state index contributed by atoms with van der Waals surface area (Å²) in [6.07, 6.45) is 0. The minimum Gasteiger partial charge on any atom is -0.496 e. The van der Waals surface area contributed by atoms with Gasteiger partial charge >= 0.3 is 0 Å². The smallest absolute Gasteiger partial charge is 0.243 e. The molecule has 0 amide bonds. The molecule has 2 fully saturated rings. The minimum absolute atomic E-state index is 0.313. The molecule has 8 rings (SSSR count). The van der Waals surface area contributed by atoms with Crippen molar-refractivity contribution in [1.29, 1.82) is 0 Å². The van der Waals surface area contributed by atoms with E-state index in [4.69, 9.17) is 14.7 Å². The summed E-state index contributed by atoms with van der Waals surface area (Å²) < 4.78 is 61.6. The molecule has 4 aromatic carbocycles. The fraction of sp³-hybridized carbons (Fsp3) is 0.250. The van der Waals surface area contributed by atoms with Gasteiger partial charge in [0.2, 0.25) is 20.0 Å². The molecule has 0 bridgehead atoms. The van der Waals surface area contributed by atoms with E-state index in [9.17, 15) is 16.8 Å². The fourth-order valence-electron chi connectivity index (χ4n) is 6.58. The number of benzene rings is 4. The van der Waals surface area contributed by atoms with Gasteiger partial charge < -0.3 is 14.5 Å². The third-order valence-electron chi connectivity index (χ3n) is 9.67. The van der Waals surface area contributed by atoms with Crippen LogP contribution in [0.2, 0.25) is 0 Å². The second-order valence-corrected chi connectivity index (χ2v) is 20.6. The zero-order valence-corrected chi connectivity index (χ0v) is 37.6. The normalized spacial score (nSPS) is 15.6. The quantitative estimate of drug-likeness (QED) is 0.141. The van der Waals surface area contributed by atoms with Crippen LogP contribution in [0.5, 0.6) is 5.75 Å². The highest BCUT2D eigenvalue weighted by molar-refractivity contribution is 9.10. The number of hydrogen-bond donors (Lipinski definition) is 0. The number of ether oxygens (including phenoxy) is 1. The van der Waals surface area contributed by atoms with Gasteiger partial charge in [0.1, 0.15) is 5.75 Å². The summed E-state index contributed by atoms with van der Waals surface area (Å²) in [7, 11) is -5.32. The van der Waals surface area contributed by atoms with E-state index in [1.165, 1.54) is 5.56 Å². The van der Waals surface area contributed by atoms with Gasteiger partial charge in [-0.2, -0.15) is 8.61 Å². The van der Waals surface area contributed by atoms with Crippen molar-refractivity contribution in [2.45, 2.75) is 16.7 Å². The summed E-state index contributed by atoms with van der Waals surface area (Å²) in [6, 6.07) is 29.7. The Balaban J connectivity index is 0.000000174. The number of piperazine rings is 2. The monoisotopic (exact) mass is 970 g/mol. The largest absolute Gasteiger partial charge is 0.496 e. The van der Waals surface area contributed by atoms with Crippen molar-refractivity contribution in [3.63, 3.8) is 0 Å². The van der Waals surface area contributed by atoms with E-state index in [-0.39, 0.29) is 0 Å². The van der Waals surface area contributed by atoms with Gasteiger partial charge in [-0.3, -0.25) is 0 Å². The molecule has 2 aliphatic rings. The van der Waals surface area contributed by atoms with Crippen LogP contribution >= 0.6 is 54.5 Å². The van der Waals surface area contributed by atoms with Gasteiger partial charge in [-0.05, 0) is 61.0 Å². The Morgan fingerprint density at radius 1 is 0.579 bits per heavy atom. The van der Waals surface area contributed by atoms with Crippen molar-refractivity contribution < 1.29 is 21.6 Å². The number of hydrogen-bond acceptors (Lipinski definition) is 11. The molecule has 0 aliphatic carbocycles. The number of nitrogens with zero attached hydrogens (tertiary/aromatic N) is 6. The molecule has 2 aliphatic heterocycles. The van der Waals surface area contributed by atoms with Crippen LogP contribution in [0.1, 0.15) is 5.56 Å². The number of halogens is 2. The molecule has 6 aromatic rings. The van der Waals surface area contributed by atoms with Gasteiger partial charge in [0.05, 0.1) is 28.3 Å². The second-order valence-electron chi connectivity index (χ2n) is 13.2. The molecule has 4 heterocycles. The molecule has 17 heteroatoms. The number of methoxy groups -OCH3 is 1. The van der Waals surface area contributed by atoms with E-state index in [1.807, 2.05) is 53.9 Å². The lowest BCUT2D eigenvalue weighted by Crippen LogP contribution is -2.48. The first-order valence-electron chi connectivity index (χ1n) is 18.1. The molecular formula is C40H40Br2N6O5S4. The van der Waals surface area contributed by atoms with Crippen LogP contribution in [0.3, 0.4) is 0 Å². The van der Waals surface area contributed by atoms with E-state index in [2.05, 4.69) is 66.1 Å². The predicted octanol–water partition coefficient (Wildman–Crippen LogP) is 8.48. The molecule has 0 saturated carbocycles. The molecule has 0 N–H and O–H groups in total. The summed E-state index contributed by atoms with van der Waals surface area (Å²) in [5.74, 6) is 0.786. The third-order valence-corrected chi connectivity index (χ3v) is 16.3. The van der Waals surface area contributed by atoms with Crippen molar-refractivity contribution >= 4 is 84.8 Å². The lowest BCUT2D eigenvalue weighted by Gasteiger charge is -2.33. The Labute approximate surface area is 358 Å². The van der Waals surface area contributed by atoms with Gasteiger partial charge in [0, 0.05) is 83.2 Å². The van der Waals surface area contributed by atoms with Gasteiger partial charge in [0.25, 0.3) is 0 Å². The first-order chi connectivity index (χ1) is 27.4. The summed E-state index contributed by atoms with van der Waals surface area (Å²) in [4.78, 5) is 14.5. The minimum atomic E-state index is -3.49. The maximum atomic E-state index is 12.9. The highest BCUT2D eigenvalue weighted by atomic mass is 79.9. The van der Waals surface area contributed by atoms with Crippen LogP contribution in [0.4, 0.5) is 10.3 Å². The zero-order chi connectivity index (χ0) is 40.2. The van der Waals surface area contributed by atoms with Crippen LogP contribution in [-0.4, -0.2) is 94.9 Å². The van der Waals surface area contributed by atoms with Crippen LogP contribution in [-0.2, 0) is 20.0 Å². The van der Waals surface area contributed by atoms with Gasteiger partial charge in [-0.15, -0.1) is 22.7 Å². The highest BCUT2D eigenvalue weighted by Gasteiger charge is 2.31. The summed E-state index contributed by atoms with van der Waals surface area (Å²) >= 11 is 9.86. The Bertz CT molecular complexity index is 2550. The number of para-hydroxylation sites is 1. The molecule has 0 radical (unpaired) electrons. The second kappa shape index (κ2) is 18.1. The molecule has 0 atom stereocenters. The molecule has 11 nitrogen and oxygen atoms in total. The molecule has 2 saturated heterocycles. The van der Waals surface area contributed by atoms with Crippen molar-refractivity contribution in [3.8, 4) is 28.3 Å². The van der Waals surface area contributed by atoms with E-state index < -0.39 is 20.0 Å². The van der Waals surface area contributed by atoms with E-state index >= 15 is 0 Å². The predicted molar refractivity (Wildman–Crippen MR) is 237 cm³/mol. The Morgan fingerprint density at radius 3 is 1.47 bits per heavy atom. The van der Waals surface area contributed by atoms with Crippen LogP contribution in [0.25, 0.3) is 22.5 Å². The van der Waals surface area contributed by atoms with Gasteiger partial charge in [-0.1, -0.05) is 80.4 Å². The zero-order valence-electron chi connectivity index (χ0n) is 31.2. The van der Waals surface area contributed by atoms with Crippen LogP contribution in [0, 0.1) is 6.92 Å². The number of rotatable bonds is 9. The molecule has 0 unspecified atom stereocenters. The number of anilines is 2. The highest BCUT2D eigenvalue weighted by Crippen LogP contribution is 2.34. The van der Waals surface area contributed by atoms with Crippen molar-refractivity contribution in [2.75, 3.05) is 69.3 Å². The molecule has 2 aromatic heterocycles. The average Bonchev–Trinajstić information content (AvgIpc) is 3.93. The standard InChI is InChI=1S/C20H20BrN3O3S2.C20H20BrN3O2S2/c1-27-19-8-3-2-7-17(19)18-14-28-20(22-18)23-9-11-24(12-10-23)29(25,26)16-6-4-5-15(21)13-16;1-15-5-2-3-8-18(15)19-14-27-20(22-19)23-9-11-24(12-10-23)28(25,26)17-7-4-6-16(21)13-17/h2-8,13-14H,9-12H2,1H3;2-8,13-14H,9-12H2,1H3. The number of sulfonamides is 2. The molecule has 298 valence electrons. The summed E-state index contributed by atoms with van der Waals surface area (Å²) in [5, 5.41) is 5.92. The third kappa shape index (κ3) is 9.46. The number of aryl methyl sites for hydroxylation is 1. The van der Waals surface area contributed by atoms with E-state index in [0.717, 1.165) is 47.5 Å². The first kappa shape index (κ1) is 41.5. The van der Waals surface area contributed by atoms with Gasteiger partial charge in [-0.25, -0.2) is 26.8 Å². The summed E-state index contributed by atoms with van der Waals surface area (Å²) in [5.41, 5.74) is 5.13. The Kier molecular flexibility index (Phi) is 13.2.